The second-order valence-corrected chi connectivity index (χ2v) is 2.73. The average molecular weight is 168 g/mol. The fourth-order valence-corrected chi connectivity index (χ4v) is 1.27. The molecule has 0 spiro atoms. The van der Waals surface area contributed by atoms with E-state index >= 15 is 0 Å². The van der Waals surface area contributed by atoms with Crippen LogP contribution >= 0.6 is 0 Å². The van der Waals surface area contributed by atoms with Gasteiger partial charge in [-0.05, 0) is 19.2 Å². The number of hydrogen-bond acceptors (Lipinski definition) is 3. The Hall–Kier alpha value is -0.830. The molecule has 0 amide bonds. The third-order valence-corrected chi connectivity index (χ3v) is 1.88. The van der Waals surface area contributed by atoms with Gasteiger partial charge in [0.05, 0.1) is 13.2 Å². The fourth-order valence-electron chi connectivity index (χ4n) is 1.27. The Balaban J connectivity index is 2.51. The van der Waals surface area contributed by atoms with Crippen LogP contribution in [0.1, 0.15) is 13.3 Å². The number of allylic oxidation sites excluding steroid dienone is 1. The van der Waals surface area contributed by atoms with Crippen molar-refractivity contribution >= 4 is 6.72 Å². The number of ether oxygens (including phenoxy) is 1. The van der Waals surface area contributed by atoms with Gasteiger partial charge in [0.1, 0.15) is 5.82 Å². The highest BCUT2D eigenvalue weighted by molar-refractivity contribution is 5.28. The summed E-state index contributed by atoms with van der Waals surface area (Å²) < 4.78 is 5.24. The summed E-state index contributed by atoms with van der Waals surface area (Å²) in [5, 5.41) is 0. The van der Waals surface area contributed by atoms with Crippen molar-refractivity contribution in [3.8, 4) is 0 Å². The van der Waals surface area contributed by atoms with E-state index in [-0.39, 0.29) is 0 Å². The minimum absolute atomic E-state index is 0.802. The number of aliphatic imine (C=N–C) groups is 1. The first kappa shape index (κ1) is 9.26. The first-order valence-corrected chi connectivity index (χ1v) is 4.38. The van der Waals surface area contributed by atoms with Crippen molar-refractivity contribution in [2.24, 2.45) is 4.99 Å². The highest BCUT2D eigenvalue weighted by Crippen LogP contribution is 2.08. The van der Waals surface area contributed by atoms with Gasteiger partial charge >= 0.3 is 0 Å². The van der Waals surface area contributed by atoms with E-state index in [9.17, 15) is 0 Å². The molecule has 0 radical (unpaired) electrons. The zero-order valence-electron chi connectivity index (χ0n) is 7.62. The molecule has 1 fully saturated rings. The van der Waals surface area contributed by atoms with Crippen LogP contribution in [-0.4, -0.2) is 37.9 Å². The van der Waals surface area contributed by atoms with Crippen LogP contribution in [0.15, 0.2) is 16.9 Å². The maximum Gasteiger partial charge on any atom is 0.123 e. The lowest BCUT2D eigenvalue weighted by molar-refractivity contribution is 0.0531. The molecule has 1 saturated heterocycles. The van der Waals surface area contributed by atoms with Gasteiger partial charge in [0.25, 0.3) is 0 Å². The van der Waals surface area contributed by atoms with Gasteiger partial charge in [0, 0.05) is 13.1 Å². The lowest BCUT2D eigenvalue weighted by atomic mass is 10.3. The molecule has 1 rings (SSSR count). The zero-order chi connectivity index (χ0) is 8.81. The molecule has 0 aromatic carbocycles. The fraction of sp³-hybridized carbons (Fsp3) is 0.667. The average Bonchev–Trinajstić information content (AvgIpc) is 2.15. The molecule has 0 atom stereocenters. The quantitative estimate of drug-likeness (QED) is 0.593. The normalized spacial score (nSPS) is 19.4. The van der Waals surface area contributed by atoms with Crippen LogP contribution in [0.4, 0.5) is 0 Å². The highest BCUT2D eigenvalue weighted by Gasteiger charge is 2.11. The van der Waals surface area contributed by atoms with E-state index in [1.54, 1.807) is 0 Å². The molecule has 3 nitrogen and oxygen atoms in total. The molecule has 0 aromatic rings. The molecule has 0 unspecified atom stereocenters. The molecule has 1 heterocycles. The monoisotopic (exact) mass is 168 g/mol. The number of hydrogen-bond donors (Lipinski definition) is 0. The van der Waals surface area contributed by atoms with E-state index < -0.39 is 0 Å². The van der Waals surface area contributed by atoms with Crippen LogP contribution in [0.25, 0.3) is 0 Å². The maximum absolute atomic E-state index is 5.24. The van der Waals surface area contributed by atoms with Crippen LogP contribution in [0, 0.1) is 0 Å². The summed E-state index contributed by atoms with van der Waals surface area (Å²) in [7, 11) is 0. The van der Waals surface area contributed by atoms with Crippen molar-refractivity contribution in [3.63, 3.8) is 0 Å². The molecule has 0 bridgehead atoms. The van der Waals surface area contributed by atoms with E-state index in [4.69, 9.17) is 4.74 Å². The van der Waals surface area contributed by atoms with E-state index in [0.29, 0.717) is 0 Å². The van der Waals surface area contributed by atoms with Crippen LogP contribution in [0.2, 0.25) is 0 Å². The van der Waals surface area contributed by atoms with Crippen LogP contribution < -0.4 is 0 Å². The largest absolute Gasteiger partial charge is 0.378 e. The summed E-state index contributed by atoms with van der Waals surface area (Å²) in [4.78, 5) is 6.19. The summed E-state index contributed by atoms with van der Waals surface area (Å²) >= 11 is 0. The molecule has 0 N–H and O–H groups in total. The molecule has 12 heavy (non-hydrogen) atoms. The Kier molecular flexibility index (Phi) is 3.80. The number of rotatable bonds is 3. The van der Waals surface area contributed by atoms with Crippen LogP contribution in [0.5, 0.6) is 0 Å². The van der Waals surface area contributed by atoms with Gasteiger partial charge in [-0.1, -0.05) is 6.92 Å². The first-order chi connectivity index (χ1) is 5.88. The Morgan fingerprint density at radius 2 is 2.25 bits per heavy atom. The summed E-state index contributed by atoms with van der Waals surface area (Å²) in [5.74, 6) is 1.00. The molecule has 0 aromatic heterocycles. The smallest absolute Gasteiger partial charge is 0.123 e. The van der Waals surface area contributed by atoms with Gasteiger partial charge in [-0.2, -0.15) is 0 Å². The Labute approximate surface area is 73.7 Å². The molecule has 1 aliphatic heterocycles. The summed E-state index contributed by atoms with van der Waals surface area (Å²) in [6, 6.07) is 0. The molecule has 3 heteroatoms. The van der Waals surface area contributed by atoms with Gasteiger partial charge in [0.2, 0.25) is 0 Å². The van der Waals surface area contributed by atoms with Crippen LogP contribution in [-0.2, 0) is 4.74 Å². The standard InChI is InChI=1S/C9H16N2O/c1-3-4-9(10-2)11-5-7-12-8-6-11/h4H,2-3,5-8H2,1H3/b9-4+. The predicted octanol–water partition coefficient (Wildman–Crippen LogP) is 1.27. The van der Waals surface area contributed by atoms with Crippen molar-refractivity contribution < 1.29 is 4.74 Å². The van der Waals surface area contributed by atoms with E-state index in [0.717, 1.165) is 38.5 Å². The second-order valence-electron chi connectivity index (χ2n) is 2.73. The van der Waals surface area contributed by atoms with Gasteiger partial charge in [-0.15, -0.1) is 0 Å². The Morgan fingerprint density at radius 3 is 2.75 bits per heavy atom. The van der Waals surface area contributed by atoms with E-state index in [1.807, 2.05) is 0 Å². The lowest BCUT2D eigenvalue weighted by Gasteiger charge is -2.28. The lowest BCUT2D eigenvalue weighted by Crippen LogP contribution is -2.35. The van der Waals surface area contributed by atoms with Crippen molar-refractivity contribution in [1.82, 2.24) is 4.90 Å². The molecule has 1 aliphatic rings. The van der Waals surface area contributed by atoms with Crippen LogP contribution in [0.3, 0.4) is 0 Å². The predicted molar refractivity (Wildman–Crippen MR) is 50.3 cm³/mol. The first-order valence-electron chi connectivity index (χ1n) is 4.38. The molecule has 0 saturated carbocycles. The van der Waals surface area contributed by atoms with Gasteiger partial charge in [-0.25, -0.2) is 4.99 Å². The molecular weight excluding hydrogens is 152 g/mol. The SMILES string of the molecule is C=N/C(=C\CC)N1CCOCC1. The van der Waals surface area contributed by atoms with Gasteiger partial charge in [0.15, 0.2) is 0 Å². The minimum atomic E-state index is 0.802. The van der Waals surface area contributed by atoms with Gasteiger partial charge < -0.3 is 9.64 Å². The van der Waals surface area contributed by atoms with Gasteiger partial charge in [-0.3, -0.25) is 0 Å². The second kappa shape index (κ2) is 4.93. The van der Waals surface area contributed by atoms with Crippen molar-refractivity contribution in [2.45, 2.75) is 13.3 Å². The summed E-state index contributed by atoms with van der Waals surface area (Å²) in [6.45, 7) is 9.13. The van der Waals surface area contributed by atoms with Crippen molar-refractivity contribution in [3.05, 3.63) is 11.9 Å². The summed E-state index contributed by atoms with van der Waals surface area (Å²) in [5.41, 5.74) is 0. The molecule has 0 aliphatic carbocycles. The molecule has 68 valence electrons. The topological polar surface area (TPSA) is 24.8 Å². The number of morpholine rings is 1. The maximum atomic E-state index is 5.24. The Bertz CT molecular complexity index is 171. The van der Waals surface area contributed by atoms with E-state index in [1.165, 1.54) is 0 Å². The third-order valence-electron chi connectivity index (χ3n) is 1.88. The van der Waals surface area contributed by atoms with Crippen molar-refractivity contribution in [2.75, 3.05) is 26.3 Å². The minimum Gasteiger partial charge on any atom is -0.378 e. The van der Waals surface area contributed by atoms with E-state index in [2.05, 4.69) is 29.6 Å². The highest BCUT2D eigenvalue weighted by atomic mass is 16.5. The third kappa shape index (κ3) is 2.34. The zero-order valence-corrected chi connectivity index (χ0v) is 7.62. The molecular formula is C9H16N2O. The Morgan fingerprint density at radius 1 is 1.58 bits per heavy atom. The van der Waals surface area contributed by atoms with Crippen molar-refractivity contribution in [1.29, 1.82) is 0 Å². The summed E-state index contributed by atoms with van der Waals surface area (Å²) in [6.07, 6.45) is 3.10. The number of nitrogens with zero attached hydrogens (tertiary/aromatic N) is 2.